The minimum absolute atomic E-state index is 0.0473. The number of halogens is 1. The average molecular weight is 361 g/mol. The fourth-order valence-electron chi connectivity index (χ4n) is 1.84. The normalized spacial score (nSPS) is 10.4. The van der Waals surface area contributed by atoms with Gasteiger partial charge >= 0.3 is 11.9 Å². The molecule has 0 aliphatic rings. The number of carboxylic acid groups (broad SMARTS) is 2. The zero-order valence-corrected chi connectivity index (χ0v) is 13.1. The number of carbonyl (C=O) groups is 2. The number of hydrogen-bond acceptors (Lipinski definition) is 4. The van der Waals surface area contributed by atoms with Gasteiger partial charge in [0.05, 0.1) is 22.2 Å². The molecule has 7 heteroatoms. The number of phenols is 1. The van der Waals surface area contributed by atoms with Crippen LogP contribution >= 0.6 is 15.9 Å². The first-order valence-corrected chi connectivity index (χ1v) is 7.34. The molecule has 0 heterocycles. The Bertz CT molecular complexity index is 541. The fourth-order valence-corrected chi connectivity index (χ4v) is 2.54. The number of rotatable bonds is 8. The van der Waals surface area contributed by atoms with Crippen LogP contribution in [0.1, 0.15) is 53.3 Å². The lowest BCUT2D eigenvalue weighted by atomic mass is 10.1. The molecular formula is C14H17BrO6. The summed E-state index contributed by atoms with van der Waals surface area (Å²) in [6.45, 7) is 2.39. The molecule has 0 spiro atoms. The molecule has 1 aromatic carbocycles. The van der Waals surface area contributed by atoms with Crippen molar-refractivity contribution < 1.29 is 29.6 Å². The maximum atomic E-state index is 11.2. The summed E-state index contributed by atoms with van der Waals surface area (Å²) in [4.78, 5) is 22.2. The van der Waals surface area contributed by atoms with Crippen molar-refractivity contribution in [1.29, 1.82) is 0 Å². The third-order valence-corrected chi connectivity index (χ3v) is 3.65. The van der Waals surface area contributed by atoms with Gasteiger partial charge in [-0.1, -0.05) is 26.2 Å². The van der Waals surface area contributed by atoms with Gasteiger partial charge in [-0.05, 0) is 28.4 Å². The maximum Gasteiger partial charge on any atom is 0.337 e. The van der Waals surface area contributed by atoms with E-state index in [-0.39, 0.29) is 10.2 Å². The Hall–Kier alpha value is -1.76. The van der Waals surface area contributed by atoms with Gasteiger partial charge in [0.25, 0.3) is 0 Å². The van der Waals surface area contributed by atoms with E-state index in [1.54, 1.807) is 0 Å². The summed E-state index contributed by atoms with van der Waals surface area (Å²) in [6, 6.07) is 0.887. The molecule has 21 heavy (non-hydrogen) atoms. The quantitative estimate of drug-likeness (QED) is 0.612. The number of unbranched alkanes of at least 4 members (excludes halogenated alkanes) is 3. The summed E-state index contributed by atoms with van der Waals surface area (Å²) in [5, 5.41) is 27.9. The highest BCUT2D eigenvalue weighted by Crippen LogP contribution is 2.39. The summed E-state index contributed by atoms with van der Waals surface area (Å²) in [5.74, 6) is -3.29. The minimum atomic E-state index is -1.43. The molecule has 0 atom stereocenters. The summed E-state index contributed by atoms with van der Waals surface area (Å²) in [6.07, 6.45) is 3.87. The van der Waals surface area contributed by atoms with Crippen LogP contribution in [0.4, 0.5) is 0 Å². The molecule has 0 aliphatic heterocycles. The average Bonchev–Trinajstić information content (AvgIpc) is 2.40. The molecule has 6 nitrogen and oxygen atoms in total. The van der Waals surface area contributed by atoms with Crippen molar-refractivity contribution in [3.8, 4) is 11.5 Å². The Balaban J connectivity index is 3.02. The van der Waals surface area contributed by atoms with Crippen molar-refractivity contribution in [3.05, 3.63) is 21.7 Å². The number of ether oxygens (including phenoxy) is 1. The van der Waals surface area contributed by atoms with Crippen LogP contribution in [-0.4, -0.2) is 33.9 Å². The van der Waals surface area contributed by atoms with Gasteiger partial charge in [0.2, 0.25) is 0 Å². The molecule has 0 radical (unpaired) electrons. The summed E-state index contributed by atoms with van der Waals surface area (Å²) in [5.41, 5.74) is -0.936. The van der Waals surface area contributed by atoms with Gasteiger partial charge in [0.1, 0.15) is 0 Å². The van der Waals surface area contributed by atoms with Gasteiger partial charge in [-0.15, -0.1) is 0 Å². The Kier molecular flexibility index (Phi) is 6.48. The lowest BCUT2D eigenvalue weighted by molar-refractivity contribution is 0.0649. The zero-order chi connectivity index (χ0) is 16.0. The van der Waals surface area contributed by atoms with E-state index in [2.05, 4.69) is 22.9 Å². The van der Waals surface area contributed by atoms with Gasteiger partial charge in [-0.2, -0.15) is 0 Å². The molecule has 0 fully saturated rings. The molecule has 1 aromatic rings. The third kappa shape index (κ3) is 4.35. The smallest absolute Gasteiger partial charge is 0.337 e. The molecule has 116 valence electrons. The highest BCUT2D eigenvalue weighted by Gasteiger charge is 2.25. The van der Waals surface area contributed by atoms with E-state index in [0.717, 1.165) is 31.7 Å². The number of benzene rings is 1. The Morgan fingerprint density at radius 2 is 1.86 bits per heavy atom. The van der Waals surface area contributed by atoms with E-state index in [0.29, 0.717) is 6.61 Å². The van der Waals surface area contributed by atoms with Crippen LogP contribution in [0.3, 0.4) is 0 Å². The van der Waals surface area contributed by atoms with Crippen LogP contribution in [0.15, 0.2) is 10.5 Å². The first-order chi connectivity index (χ1) is 9.90. The van der Waals surface area contributed by atoms with Gasteiger partial charge < -0.3 is 20.1 Å². The van der Waals surface area contributed by atoms with Crippen molar-refractivity contribution in [3.63, 3.8) is 0 Å². The molecule has 1 rings (SSSR count). The monoisotopic (exact) mass is 360 g/mol. The molecule has 0 aromatic heterocycles. The SMILES string of the molecule is CCCCCCOc1c(O)cc(C(=O)O)c(C(=O)O)c1Br. The largest absolute Gasteiger partial charge is 0.504 e. The van der Waals surface area contributed by atoms with Crippen LogP contribution in [-0.2, 0) is 0 Å². The van der Waals surface area contributed by atoms with E-state index < -0.39 is 28.8 Å². The lowest BCUT2D eigenvalue weighted by Crippen LogP contribution is -2.10. The molecular weight excluding hydrogens is 344 g/mol. The van der Waals surface area contributed by atoms with Crippen molar-refractivity contribution in [2.45, 2.75) is 32.6 Å². The topological polar surface area (TPSA) is 104 Å². The standard InChI is InChI=1S/C14H17BrO6/c1-2-3-4-5-6-21-12-9(16)7-8(13(17)18)10(11(12)15)14(19)20/h7,16H,2-6H2,1H3,(H,17,18)(H,19,20). The molecule has 0 saturated heterocycles. The van der Waals surface area contributed by atoms with E-state index >= 15 is 0 Å². The van der Waals surface area contributed by atoms with E-state index in [1.165, 1.54) is 0 Å². The van der Waals surface area contributed by atoms with Crippen LogP contribution in [0.5, 0.6) is 11.5 Å². The summed E-state index contributed by atoms with van der Waals surface area (Å²) < 4.78 is 5.32. The Morgan fingerprint density at radius 1 is 1.19 bits per heavy atom. The van der Waals surface area contributed by atoms with E-state index in [4.69, 9.17) is 14.9 Å². The maximum absolute atomic E-state index is 11.2. The number of phenolic OH excluding ortho intramolecular Hbond substituents is 1. The van der Waals surface area contributed by atoms with Gasteiger partial charge in [0, 0.05) is 0 Å². The van der Waals surface area contributed by atoms with Crippen LogP contribution < -0.4 is 4.74 Å². The van der Waals surface area contributed by atoms with Crippen LogP contribution in [0.2, 0.25) is 0 Å². The molecule has 0 bridgehead atoms. The first-order valence-electron chi connectivity index (χ1n) is 6.55. The van der Waals surface area contributed by atoms with Crippen molar-refractivity contribution in [1.82, 2.24) is 0 Å². The molecule has 0 saturated carbocycles. The van der Waals surface area contributed by atoms with Crippen LogP contribution in [0.25, 0.3) is 0 Å². The summed E-state index contributed by atoms with van der Waals surface area (Å²) >= 11 is 3.01. The Morgan fingerprint density at radius 3 is 2.38 bits per heavy atom. The molecule has 0 unspecified atom stereocenters. The number of aromatic carboxylic acids is 2. The number of hydrogen-bond donors (Lipinski definition) is 3. The molecule has 0 amide bonds. The van der Waals surface area contributed by atoms with Crippen molar-refractivity contribution in [2.24, 2.45) is 0 Å². The third-order valence-electron chi connectivity index (χ3n) is 2.89. The van der Waals surface area contributed by atoms with Gasteiger partial charge in [0.15, 0.2) is 11.5 Å². The predicted octanol–water partition coefficient (Wildman–Crippen LogP) is 3.51. The van der Waals surface area contributed by atoms with Crippen molar-refractivity contribution >= 4 is 27.9 Å². The first kappa shape index (κ1) is 17.3. The minimum Gasteiger partial charge on any atom is -0.504 e. The van der Waals surface area contributed by atoms with E-state index in [1.807, 2.05) is 0 Å². The van der Waals surface area contributed by atoms with E-state index in [9.17, 15) is 14.7 Å². The highest BCUT2D eigenvalue weighted by atomic mass is 79.9. The number of aromatic hydroxyl groups is 1. The lowest BCUT2D eigenvalue weighted by Gasteiger charge is -2.13. The van der Waals surface area contributed by atoms with Gasteiger partial charge in [-0.25, -0.2) is 9.59 Å². The highest BCUT2D eigenvalue weighted by molar-refractivity contribution is 9.10. The predicted molar refractivity (Wildman–Crippen MR) is 79.4 cm³/mol. The van der Waals surface area contributed by atoms with Crippen LogP contribution in [0, 0.1) is 0 Å². The molecule has 3 N–H and O–H groups in total. The molecule has 0 aliphatic carbocycles. The Labute approximate surface area is 130 Å². The summed E-state index contributed by atoms with van der Waals surface area (Å²) in [7, 11) is 0. The second-order valence-corrected chi connectivity index (χ2v) is 5.27. The zero-order valence-electron chi connectivity index (χ0n) is 11.6. The van der Waals surface area contributed by atoms with Crippen molar-refractivity contribution in [2.75, 3.05) is 6.61 Å². The second kappa shape index (κ2) is 7.87. The second-order valence-electron chi connectivity index (χ2n) is 4.48. The number of carboxylic acids is 2. The van der Waals surface area contributed by atoms with Gasteiger partial charge in [-0.3, -0.25) is 0 Å². The fraction of sp³-hybridized carbons (Fsp3) is 0.429.